The first-order valence-electron chi connectivity index (χ1n) is 5.65. The van der Waals surface area contributed by atoms with E-state index in [0.717, 1.165) is 12.6 Å². The lowest BCUT2D eigenvalue weighted by Crippen LogP contribution is -2.32. The topological polar surface area (TPSA) is 8.17 Å². The lowest BCUT2D eigenvalue weighted by molar-refractivity contribution is 0.268. The van der Waals surface area contributed by atoms with Crippen LogP contribution in [-0.4, -0.2) is 29.6 Å². The molecule has 0 saturated carbocycles. The van der Waals surface area contributed by atoms with Crippen LogP contribution in [0.1, 0.15) is 17.5 Å². The monoisotopic (exact) mass is 204 g/mol. The molecule has 0 fully saturated rings. The Hall–Kier alpha value is -1.02. The molecule has 0 saturated heterocycles. The van der Waals surface area contributed by atoms with Crippen LogP contribution >= 0.6 is 0 Å². The highest BCUT2D eigenvalue weighted by atomic mass is 15.1. The van der Waals surface area contributed by atoms with Crippen molar-refractivity contribution in [3.63, 3.8) is 0 Å². The summed E-state index contributed by atoms with van der Waals surface area (Å²) < 4.78 is 2.25. The van der Waals surface area contributed by atoms with Crippen LogP contribution in [0.4, 0.5) is 0 Å². The molecule has 0 aliphatic heterocycles. The fourth-order valence-corrected chi connectivity index (χ4v) is 2.39. The zero-order valence-electron chi connectivity index (χ0n) is 9.74. The van der Waals surface area contributed by atoms with Crippen molar-refractivity contribution in [1.82, 2.24) is 9.47 Å². The molecule has 0 bridgehead atoms. The van der Waals surface area contributed by atoms with Crippen molar-refractivity contribution >= 4 is 0 Å². The van der Waals surface area contributed by atoms with Gasteiger partial charge in [-0.3, -0.25) is 0 Å². The van der Waals surface area contributed by atoms with Crippen molar-refractivity contribution in [2.75, 3.05) is 14.1 Å². The Labute approximate surface area is 92.2 Å². The van der Waals surface area contributed by atoms with Gasteiger partial charge in [0.15, 0.2) is 0 Å². The van der Waals surface area contributed by atoms with Crippen LogP contribution in [0.5, 0.6) is 0 Å². The van der Waals surface area contributed by atoms with Gasteiger partial charge in [0.25, 0.3) is 0 Å². The lowest BCUT2D eigenvalue weighted by atomic mass is 9.91. The second kappa shape index (κ2) is 4.23. The summed E-state index contributed by atoms with van der Waals surface area (Å²) in [7, 11) is 4.35. The minimum atomic E-state index is 0.720. The molecule has 0 aromatic carbocycles. The van der Waals surface area contributed by atoms with E-state index >= 15 is 0 Å². The van der Waals surface area contributed by atoms with E-state index in [0.29, 0.717) is 0 Å². The Kier molecular flexibility index (Phi) is 2.96. The number of likely N-dealkylation sites (N-methyl/N-ethyl adjacent to an activating group) is 1. The van der Waals surface area contributed by atoms with E-state index in [1.54, 1.807) is 0 Å². The number of allylic oxidation sites excluding steroid dienone is 1. The first kappa shape index (κ1) is 10.5. The van der Waals surface area contributed by atoms with Crippen LogP contribution in [0.2, 0.25) is 0 Å². The molecule has 2 heteroatoms. The molecule has 2 rings (SSSR count). The van der Waals surface area contributed by atoms with E-state index < -0.39 is 0 Å². The Balaban J connectivity index is 2.15. The van der Waals surface area contributed by atoms with Crippen LogP contribution in [-0.2, 0) is 19.4 Å². The second-order valence-corrected chi connectivity index (χ2v) is 4.65. The number of aryl methyl sites for hydroxylation is 1. The predicted octanol–water partition coefficient (Wildman–Crippen LogP) is 2.09. The van der Waals surface area contributed by atoms with Crippen molar-refractivity contribution < 1.29 is 0 Å². The van der Waals surface area contributed by atoms with Gasteiger partial charge in [0.2, 0.25) is 0 Å². The Morgan fingerprint density at radius 1 is 1.47 bits per heavy atom. The average molecular weight is 204 g/mol. The molecule has 0 N–H and O–H groups in total. The summed E-state index contributed by atoms with van der Waals surface area (Å²) in [6.07, 6.45) is 10.2. The molecule has 0 amide bonds. The number of hydrogen-bond acceptors (Lipinski definition) is 1. The number of aromatic nitrogens is 1. The van der Waals surface area contributed by atoms with Crippen LogP contribution in [0.3, 0.4) is 0 Å². The van der Waals surface area contributed by atoms with E-state index in [1.165, 1.54) is 30.4 Å². The smallest absolute Gasteiger partial charge is 0.0398 e. The summed E-state index contributed by atoms with van der Waals surface area (Å²) in [6, 6.07) is 0.720. The van der Waals surface area contributed by atoms with Crippen LogP contribution in [0, 0.1) is 0 Å². The molecular weight excluding hydrogens is 184 g/mol. The number of hydrogen-bond donors (Lipinski definition) is 0. The average Bonchev–Trinajstić information content (AvgIpc) is 2.59. The van der Waals surface area contributed by atoms with E-state index in [9.17, 15) is 0 Å². The van der Waals surface area contributed by atoms with Crippen molar-refractivity contribution in [2.24, 2.45) is 0 Å². The zero-order chi connectivity index (χ0) is 10.8. The van der Waals surface area contributed by atoms with Gasteiger partial charge in [0.05, 0.1) is 0 Å². The minimum absolute atomic E-state index is 0.720. The van der Waals surface area contributed by atoms with Crippen LogP contribution in [0.15, 0.2) is 25.0 Å². The van der Waals surface area contributed by atoms with Gasteiger partial charge in [0.1, 0.15) is 0 Å². The molecule has 1 aromatic heterocycles. The molecule has 1 aromatic rings. The van der Waals surface area contributed by atoms with Gasteiger partial charge in [-0.05, 0) is 44.5 Å². The fraction of sp³-hybridized carbons (Fsp3) is 0.538. The molecule has 1 aliphatic carbocycles. The Bertz CT molecular complexity index is 349. The maximum Gasteiger partial charge on any atom is 0.0398 e. The summed E-state index contributed by atoms with van der Waals surface area (Å²) in [5.41, 5.74) is 3.07. The van der Waals surface area contributed by atoms with Crippen LogP contribution < -0.4 is 0 Å². The maximum absolute atomic E-state index is 3.78. The predicted molar refractivity (Wildman–Crippen MR) is 64.1 cm³/mol. The molecular formula is C13H20N2. The highest BCUT2D eigenvalue weighted by Crippen LogP contribution is 2.24. The molecule has 1 heterocycles. The summed E-state index contributed by atoms with van der Waals surface area (Å²) in [4.78, 5) is 2.34. The van der Waals surface area contributed by atoms with E-state index in [2.05, 4.69) is 42.5 Å². The van der Waals surface area contributed by atoms with Crippen LogP contribution in [0.25, 0.3) is 0 Å². The van der Waals surface area contributed by atoms with Gasteiger partial charge >= 0.3 is 0 Å². The Morgan fingerprint density at radius 3 is 2.87 bits per heavy atom. The summed E-state index contributed by atoms with van der Waals surface area (Å²) in [5.74, 6) is 0. The third kappa shape index (κ3) is 2.15. The fourth-order valence-electron chi connectivity index (χ4n) is 2.39. The van der Waals surface area contributed by atoms with Gasteiger partial charge in [-0.25, -0.2) is 0 Å². The molecule has 1 aliphatic rings. The number of fused-ring (bicyclic) bond motifs is 1. The molecule has 82 valence electrons. The van der Waals surface area contributed by atoms with Gasteiger partial charge in [0, 0.05) is 25.0 Å². The highest BCUT2D eigenvalue weighted by Gasteiger charge is 2.21. The largest absolute Gasteiger partial charge is 0.350 e. The first-order valence-corrected chi connectivity index (χ1v) is 5.65. The van der Waals surface area contributed by atoms with Crippen molar-refractivity contribution in [3.05, 3.63) is 36.2 Å². The van der Waals surface area contributed by atoms with Crippen molar-refractivity contribution in [1.29, 1.82) is 0 Å². The van der Waals surface area contributed by atoms with Gasteiger partial charge in [-0.1, -0.05) is 6.08 Å². The summed E-state index contributed by atoms with van der Waals surface area (Å²) in [6.45, 7) is 4.71. The summed E-state index contributed by atoms with van der Waals surface area (Å²) >= 11 is 0. The van der Waals surface area contributed by atoms with Gasteiger partial charge in [-0.15, -0.1) is 6.58 Å². The van der Waals surface area contributed by atoms with Gasteiger partial charge in [-0.2, -0.15) is 0 Å². The summed E-state index contributed by atoms with van der Waals surface area (Å²) in [5, 5.41) is 0. The Morgan fingerprint density at radius 2 is 2.20 bits per heavy atom. The normalized spacial score (nSPS) is 20.3. The highest BCUT2D eigenvalue weighted by molar-refractivity contribution is 5.28. The quantitative estimate of drug-likeness (QED) is 0.684. The third-order valence-electron chi connectivity index (χ3n) is 3.33. The molecule has 0 radical (unpaired) electrons. The SMILES string of the molecule is C=CCn1cc2c(c1)CC(N(C)C)CC2. The van der Waals surface area contributed by atoms with E-state index in [4.69, 9.17) is 0 Å². The molecule has 1 unspecified atom stereocenters. The lowest BCUT2D eigenvalue weighted by Gasteiger charge is -2.28. The zero-order valence-corrected chi connectivity index (χ0v) is 9.74. The maximum atomic E-state index is 3.78. The van der Waals surface area contributed by atoms with Gasteiger partial charge < -0.3 is 9.47 Å². The van der Waals surface area contributed by atoms with E-state index in [-0.39, 0.29) is 0 Å². The molecule has 1 atom stereocenters. The molecule has 0 spiro atoms. The molecule has 2 nitrogen and oxygen atoms in total. The standard InChI is InChI=1S/C13H20N2/c1-4-7-15-9-11-5-6-13(14(2)3)8-12(11)10-15/h4,9-10,13H,1,5-8H2,2-3H3. The first-order chi connectivity index (χ1) is 7.20. The second-order valence-electron chi connectivity index (χ2n) is 4.65. The number of rotatable bonds is 3. The number of nitrogens with zero attached hydrogens (tertiary/aromatic N) is 2. The minimum Gasteiger partial charge on any atom is -0.350 e. The van der Waals surface area contributed by atoms with Crippen molar-refractivity contribution in [2.45, 2.75) is 31.8 Å². The van der Waals surface area contributed by atoms with Crippen molar-refractivity contribution in [3.8, 4) is 0 Å². The third-order valence-corrected chi connectivity index (χ3v) is 3.33. The molecule has 15 heavy (non-hydrogen) atoms. The van der Waals surface area contributed by atoms with E-state index in [1.807, 2.05) is 6.08 Å².